The molecule has 12 heteroatoms. The van der Waals surface area contributed by atoms with E-state index in [0.29, 0.717) is 24.3 Å². The van der Waals surface area contributed by atoms with E-state index in [1.807, 2.05) is 51.1 Å². The van der Waals surface area contributed by atoms with Gasteiger partial charge >= 0.3 is 12.0 Å². The fourth-order valence-electron chi connectivity index (χ4n) is 4.85. The highest BCUT2D eigenvalue weighted by molar-refractivity contribution is 7.89. The molecule has 46 heavy (non-hydrogen) atoms. The molecule has 2 atom stereocenters. The van der Waals surface area contributed by atoms with Crippen molar-refractivity contribution in [1.29, 1.82) is 0 Å². The van der Waals surface area contributed by atoms with Crippen molar-refractivity contribution in [2.24, 2.45) is 5.92 Å². The van der Waals surface area contributed by atoms with Crippen LogP contribution in [0.25, 0.3) is 0 Å². The Labute approximate surface area is 271 Å². The quantitative estimate of drug-likeness (QED) is 0.153. The normalized spacial score (nSPS) is 12.7. The second kappa shape index (κ2) is 17.3. The number of hydrogen-bond donors (Lipinski definition) is 4. The molecule has 0 spiro atoms. The van der Waals surface area contributed by atoms with Gasteiger partial charge in [0.1, 0.15) is 17.8 Å². The van der Waals surface area contributed by atoms with Crippen LogP contribution in [-0.2, 0) is 26.0 Å². The summed E-state index contributed by atoms with van der Waals surface area (Å²) in [5.74, 6) is -1.08. The molecule has 0 saturated carbocycles. The summed E-state index contributed by atoms with van der Waals surface area (Å²) in [6.45, 7) is 5.79. The number of sulfonamides is 1. The van der Waals surface area contributed by atoms with Gasteiger partial charge in [-0.25, -0.2) is 13.2 Å². The molecule has 4 N–H and O–H groups in total. The Hall–Kier alpha value is -4.42. The Morgan fingerprint density at radius 3 is 2.15 bits per heavy atom. The van der Waals surface area contributed by atoms with Gasteiger partial charge in [0.05, 0.1) is 12.0 Å². The summed E-state index contributed by atoms with van der Waals surface area (Å²) in [5.41, 5.74) is 2.28. The highest BCUT2D eigenvalue weighted by Crippen LogP contribution is 2.23. The molecule has 0 bridgehead atoms. The lowest BCUT2D eigenvalue weighted by molar-refractivity contribution is -0.142. The van der Waals surface area contributed by atoms with E-state index in [0.717, 1.165) is 15.4 Å². The number of hydrogen-bond acceptors (Lipinski definition) is 6. The van der Waals surface area contributed by atoms with Gasteiger partial charge in [-0.2, -0.15) is 4.31 Å². The van der Waals surface area contributed by atoms with Crippen molar-refractivity contribution in [3.05, 3.63) is 90.0 Å². The van der Waals surface area contributed by atoms with Gasteiger partial charge in [-0.1, -0.05) is 61.9 Å². The molecule has 3 amide bonds. The zero-order chi connectivity index (χ0) is 33.7. The molecule has 0 heterocycles. The standard InChI is InChI=1S/C34H44N4O7S/c1-24(2)23-38(46(43,44)29-19-13-25(3)14-20-29)31(33(40)41)12-8-9-21-35-32(39)30(22-26-10-6-5-7-11-26)37-34(42)36-27-15-17-28(45-4)18-16-27/h5-7,10-11,13-20,24,30-31H,8-9,12,21-23H2,1-4H3,(H,35,39)(H,40,41)(H2,36,37,42)/t30-,31-/m0/s1. The van der Waals surface area contributed by atoms with Crippen molar-refractivity contribution >= 4 is 33.6 Å². The number of amides is 3. The van der Waals surface area contributed by atoms with Gasteiger partial charge in [-0.15, -0.1) is 0 Å². The second-order valence-corrected chi connectivity index (χ2v) is 13.4. The van der Waals surface area contributed by atoms with E-state index in [4.69, 9.17) is 4.74 Å². The summed E-state index contributed by atoms with van der Waals surface area (Å²) in [4.78, 5) is 38.4. The molecule has 3 rings (SSSR count). The Balaban J connectivity index is 1.62. The van der Waals surface area contributed by atoms with E-state index in [2.05, 4.69) is 16.0 Å². The van der Waals surface area contributed by atoms with E-state index in [1.165, 1.54) is 12.1 Å². The summed E-state index contributed by atoms with van der Waals surface area (Å²) in [6.07, 6.45) is 1.08. The number of nitrogens with one attached hydrogen (secondary N) is 3. The summed E-state index contributed by atoms with van der Waals surface area (Å²) >= 11 is 0. The van der Waals surface area contributed by atoms with Crippen LogP contribution < -0.4 is 20.7 Å². The van der Waals surface area contributed by atoms with Gasteiger partial charge in [-0.05, 0) is 74.1 Å². The molecular weight excluding hydrogens is 608 g/mol. The number of benzene rings is 3. The maximum Gasteiger partial charge on any atom is 0.322 e. The Morgan fingerprint density at radius 1 is 0.913 bits per heavy atom. The third-order valence-corrected chi connectivity index (χ3v) is 9.15. The van der Waals surface area contributed by atoms with E-state index < -0.39 is 40.0 Å². The topological polar surface area (TPSA) is 154 Å². The van der Waals surface area contributed by atoms with Gasteiger partial charge in [0.2, 0.25) is 15.9 Å². The first-order valence-corrected chi connectivity index (χ1v) is 16.7. The number of methoxy groups -OCH3 is 1. The van der Waals surface area contributed by atoms with Crippen molar-refractivity contribution in [2.45, 2.75) is 63.4 Å². The number of urea groups is 1. The largest absolute Gasteiger partial charge is 0.497 e. The SMILES string of the molecule is COc1ccc(NC(=O)N[C@@H](Cc2ccccc2)C(=O)NCCCC[C@@H](C(=O)O)N(CC(C)C)S(=O)(=O)c2ccc(C)cc2)cc1. The Kier molecular flexibility index (Phi) is 13.6. The first-order valence-electron chi connectivity index (χ1n) is 15.2. The number of unbranched alkanes of at least 4 members (excludes halogenated alkanes) is 1. The van der Waals surface area contributed by atoms with Crippen LogP contribution in [0.4, 0.5) is 10.5 Å². The predicted octanol–water partition coefficient (Wildman–Crippen LogP) is 4.82. The first-order chi connectivity index (χ1) is 21.9. The van der Waals surface area contributed by atoms with Crippen LogP contribution in [0.2, 0.25) is 0 Å². The average molecular weight is 653 g/mol. The van der Waals surface area contributed by atoms with Gasteiger partial charge in [0.25, 0.3) is 0 Å². The summed E-state index contributed by atoms with van der Waals surface area (Å²) in [7, 11) is -2.52. The molecule has 11 nitrogen and oxygen atoms in total. The number of rotatable bonds is 17. The molecule has 3 aromatic rings. The maximum atomic E-state index is 13.5. The molecule has 0 unspecified atom stereocenters. The molecule has 3 aromatic carbocycles. The minimum atomic E-state index is -4.06. The van der Waals surface area contributed by atoms with Crippen LogP contribution in [0, 0.1) is 12.8 Å². The Morgan fingerprint density at radius 2 is 1.57 bits per heavy atom. The molecular formula is C34H44N4O7S. The van der Waals surface area contributed by atoms with Crippen LogP contribution in [0.3, 0.4) is 0 Å². The van der Waals surface area contributed by atoms with Gasteiger partial charge in [-0.3, -0.25) is 9.59 Å². The smallest absolute Gasteiger partial charge is 0.322 e. The zero-order valence-corrected chi connectivity index (χ0v) is 27.5. The van der Waals surface area contributed by atoms with Crippen molar-refractivity contribution in [3.63, 3.8) is 0 Å². The lowest BCUT2D eigenvalue weighted by atomic mass is 10.1. The predicted molar refractivity (Wildman–Crippen MR) is 177 cm³/mol. The van der Waals surface area contributed by atoms with Crippen molar-refractivity contribution < 1.29 is 32.6 Å². The fraction of sp³-hybridized carbons (Fsp3) is 0.382. The third-order valence-electron chi connectivity index (χ3n) is 7.26. The van der Waals surface area contributed by atoms with Crippen molar-refractivity contribution in [3.8, 4) is 5.75 Å². The van der Waals surface area contributed by atoms with Gasteiger partial charge in [0.15, 0.2) is 0 Å². The number of ether oxygens (including phenoxy) is 1. The number of nitrogens with zero attached hydrogens (tertiary/aromatic N) is 1. The van der Waals surface area contributed by atoms with Crippen LogP contribution in [0.1, 0.15) is 44.2 Å². The van der Waals surface area contributed by atoms with Crippen LogP contribution in [-0.4, -0.2) is 68.0 Å². The Bertz CT molecular complexity index is 1530. The highest BCUT2D eigenvalue weighted by Gasteiger charge is 2.36. The molecule has 0 aliphatic heterocycles. The lowest BCUT2D eigenvalue weighted by Crippen LogP contribution is -2.49. The van der Waals surface area contributed by atoms with E-state index in [9.17, 15) is 27.9 Å². The number of carboxylic acids is 1. The number of anilines is 1. The third kappa shape index (κ3) is 10.9. The minimum absolute atomic E-state index is 0.0465. The van der Waals surface area contributed by atoms with Crippen LogP contribution in [0.5, 0.6) is 5.75 Å². The molecule has 0 radical (unpaired) electrons. The lowest BCUT2D eigenvalue weighted by Gasteiger charge is -2.29. The minimum Gasteiger partial charge on any atom is -0.497 e. The first kappa shape index (κ1) is 36.1. The molecule has 0 fully saturated rings. The number of aliphatic carboxylic acids is 1. The van der Waals surface area contributed by atoms with Crippen molar-refractivity contribution in [2.75, 3.05) is 25.5 Å². The monoisotopic (exact) mass is 652 g/mol. The molecule has 0 saturated heterocycles. The highest BCUT2D eigenvalue weighted by atomic mass is 32.2. The van der Waals surface area contributed by atoms with E-state index in [-0.39, 0.29) is 36.7 Å². The van der Waals surface area contributed by atoms with Gasteiger partial charge in [0, 0.05) is 25.2 Å². The summed E-state index contributed by atoms with van der Waals surface area (Å²) < 4.78 is 33.3. The zero-order valence-electron chi connectivity index (χ0n) is 26.7. The van der Waals surface area contributed by atoms with E-state index in [1.54, 1.807) is 43.5 Å². The molecule has 0 aromatic heterocycles. The summed E-state index contributed by atoms with van der Waals surface area (Å²) in [5, 5.41) is 18.4. The number of carboxylic acid groups (broad SMARTS) is 1. The van der Waals surface area contributed by atoms with Gasteiger partial charge < -0.3 is 25.8 Å². The second-order valence-electron chi connectivity index (χ2n) is 11.5. The van der Waals surface area contributed by atoms with Crippen LogP contribution in [0.15, 0.2) is 83.8 Å². The van der Waals surface area contributed by atoms with E-state index >= 15 is 0 Å². The molecule has 0 aliphatic carbocycles. The molecule has 0 aliphatic rings. The maximum absolute atomic E-state index is 13.5. The number of aryl methyl sites for hydroxylation is 1. The fourth-order valence-corrected chi connectivity index (χ4v) is 6.62. The number of carbonyl (C=O) groups is 3. The average Bonchev–Trinajstić information content (AvgIpc) is 3.02. The van der Waals surface area contributed by atoms with Crippen molar-refractivity contribution in [1.82, 2.24) is 14.9 Å². The molecule has 248 valence electrons. The van der Waals surface area contributed by atoms with Crippen LogP contribution >= 0.6 is 0 Å². The summed E-state index contributed by atoms with van der Waals surface area (Å²) in [6, 6.07) is 19.7. The number of carbonyl (C=O) groups excluding carboxylic acids is 2.